The molecule has 0 aliphatic rings. The molecule has 35 heavy (non-hydrogen) atoms. The van der Waals surface area contributed by atoms with E-state index in [2.05, 4.69) is 0 Å². The summed E-state index contributed by atoms with van der Waals surface area (Å²) < 4.78 is 16.7. The van der Waals surface area contributed by atoms with Gasteiger partial charge < -0.3 is 13.9 Å². The van der Waals surface area contributed by atoms with Gasteiger partial charge in [-0.3, -0.25) is 14.9 Å². The van der Waals surface area contributed by atoms with E-state index in [1.807, 2.05) is 6.92 Å². The third-order valence-corrected chi connectivity index (χ3v) is 5.21. The molecule has 0 fully saturated rings. The molecule has 0 spiro atoms. The highest BCUT2D eigenvalue weighted by atomic mass is 16.6. The number of esters is 1. The normalized spacial score (nSPS) is 11.0. The van der Waals surface area contributed by atoms with Crippen molar-refractivity contribution in [3.8, 4) is 11.5 Å². The average molecular weight is 471 g/mol. The highest BCUT2D eigenvalue weighted by Crippen LogP contribution is 2.30. The van der Waals surface area contributed by atoms with Gasteiger partial charge in [-0.25, -0.2) is 4.79 Å². The van der Waals surface area contributed by atoms with Gasteiger partial charge in [0.2, 0.25) is 0 Å². The minimum Gasteiger partial charge on any atom is -0.494 e. The molecule has 0 aliphatic heterocycles. The molecule has 0 unspecified atom stereocenters. The molecule has 1 heterocycles. The van der Waals surface area contributed by atoms with E-state index in [0.29, 0.717) is 45.8 Å². The zero-order chi connectivity index (χ0) is 24.9. The van der Waals surface area contributed by atoms with E-state index in [1.54, 1.807) is 37.3 Å². The maximum atomic E-state index is 12.9. The summed E-state index contributed by atoms with van der Waals surface area (Å²) in [5, 5.41) is 11.5. The van der Waals surface area contributed by atoms with Crippen molar-refractivity contribution >= 4 is 34.5 Å². The van der Waals surface area contributed by atoms with Crippen molar-refractivity contribution in [2.75, 3.05) is 6.61 Å². The van der Waals surface area contributed by atoms with Gasteiger partial charge in [0.05, 0.1) is 11.5 Å². The predicted molar refractivity (Wildman–Crippen MR) is 130 cm³/mol. The van der Waals surface area contributed by atoms with E-state index >= 15 is 0 Å². The first-order valence-corrected chi connectivity index (χ1v) is 10.8. The summed E-state index contributed by atoms with van der Waals surface area (Å²) in [7, 11) is 0. The molecule has 0 radical (unpaired) electrons. The van der Waals surface area contributed by atoms with Crippen LogP contribution in [0.15, 0.2) is 77.2 Å². The zero-order valence-corrected chi connectivity index (χ0v) is 19.0. The molecule has 8 nitrogen and oxygen atoms in total. The van der Waals surface area contributed by atoms with E-state index in [0.717, 1.165) is 0 Å². The number of nitrogens with zero attached hydrogens (tertiary/aromatic N) is 1. The number of hydrogen-bond acceptors (Lipinski definition) is 7. The number of ketones is 1. The van der Waals surface area contributed by atoms with E-state index in [-0.39, 0.29) is 17.2 Å². The van der Waals surface area contributed by atoms with Crippen molar-refractivity contribution in [1.29, 1.82) is 0 Å². The van der Waals surface area contributed by atoms with Crippen LogP contribution in [0, 0.1) is 17.0 Å². The molecule has 3 aromatic carbocycles. The first kappa shape index (κ1) is 23.4. The number of non-ortho nitro benzene ring substituents is 1. The Kier molecular flexibility index (Phi) is 6.73. The number of aryl methyl sites for hydroxylation is 1. The highest BCUT2D eigenvalue weighted by molar-refractivity contribution is 6.07. The fourth-order valence-electron chi connectivity index (χ4n) is 3.56. The zero-order valence-electron chi connectivity index (χ0n) is 19.0. The summed E-state index contributed by atoms with van der Waals surface area (Å²) in [5.41, 5.74) is 1.71. The maximum absolute atomic E-state index is 12.9. The van der Waals surface area contributed by atoms with E-state index in [9.17, 15) is 19.7 Å². The van der Waals surface area contributed by atoms with Crippen molar-refractivity contribution in [3.63, 3.8) is 0 Å². The highest BCUT2D eigenvalue weighted by Gasteiger charge is 2.21. The second-order valence-corrected chi connectivity index (χ2v) is 7.59. The smallest absolute Gasteiger partial charge is 0.347 e. The predicted octanol–water partition coefficient (Wildman–Crippen LogP) is 6.16. The molecule has 1 aromatic heterocycles. The van der Waals surface area contributed by atoms with Gasteiger partial charge in [-0.05, 0) is 68.0 Å². The van der Waals surface area contributed by atoms with Crippen LogP contribution in [0.5, 0.6) is 11.5 Å². The molecule has 0 amide bonds. The number of nitro benzene ring substituents is 1. The topological polar surface area (TPSA) is 109 Å². The second-order valence-electron chi connectivity index (χ2n) is 7.59. The van der Waals surface area contributed by atoms with Crippen molar-refractivity contribution in [2.45, 2.75) is 13.8 Å². The number of hydrogen-bond donors (Lipinski definition) is 0. The number of nitro groups is 1. The van der Waals surface area contributed by atoms with Crippen LogP contribution in [-0.2, 0) is 0 Å². The van der Waals surface area contributed by atoms with Crippen LogP contribution in [0.1, 0.15) is 39.0 Å². The van der Waals surface area contributed by atoms with Gasteiger partial charge in [0.25, 0.3) is 5.69 Å². The number of ether oxygens (including phenoxy) is 2. The summed E-state index contributed by atoms with van der Waals surface area (Å²) >= 11 is 0. The fourth-order valence-corrected chi connectivity index (χ4v) is 3.56. The van der Waals surface area contributed by atoms with Crippen LogP contribution in [0.3, 0.4) is 0 Å². The SMILES string of the molecule is CCOc1ccc2oc(C)c(C(=O)Oc3ccc(C(=O)C=Cc4cccc([N+](=O)[O-])c4)cc3)c2c1. The van der Waals surface area contributed by atoms with E-state index in [4.69, 9.17) is 13.9 Å². The molecule has 0 atom stereocenters. The van der Waals surface area contributed by atoms with Gasteiger partial charge >= 0.3 is 5.97 Å². The number of allylic oxidation sites excluding steroid dienone is 1. The Morgan fingerprint density at radius 1 is 1.03 bits per heavy atom. The summed E-state index contributed by atoms with van der Waals surface area (Å²) in [6.45, 7) is 4.05. The molecule has 0 aliphatic carbocycles. The molecule has 0 bridgehead atoms. The molecule has 0 saturated carbocycles. The Morgan fingerprint density at radius 2 is 1.77 bits per heavy atom. The van der Waals surface area contributed by atoms with Gasteiger partial charge in [0.1, 0.15) is 28.4 Å². The molecule has 0 N–H and O–H groups in total. The molecule has 8 heteroatoms. The Balaban J connectivity index is 1.47. The molecule has 0 saturated heterocycles. The van der Waals surface area contributed by atoms with Gasteiger partial charge in [-0.2, -0.15) is 0 Å². The number of furan rings is 1. The summed E-state index contributed by atoms with van der Waals surface area (Å²) in [4.78, 5) is 35.8. The van der Waals surface area contributed by atoms with Crippen LogP contribution >= 0.6 is 0 Å². The van der Waals surface area contributed by atoms with Gasteiger partial charge in [-0.1, -0.05) is 18.2 Å². The lowest BCUT2D eigenvalue weighted by Crippen LogP contribution is -2.09. The number of carbonyl (C=O) groups is 2. The molecular weight excluding hydrogens is 450 g/mol. The van der Waals surface area contributed by atoms with E-state index in [1.165, 1.54) is 48.6 Å². The summed E-state index contributed by atoms with van der Waals surface area (Å²) in [5.74, 6) is 0.436. The Hall–Kier alpha value is -4.72. The lowest BCUT2D eigenvalue weighted by Gasteiger charge is -2.06. The van der Waals surface area contributed by atoms with Crippen LogP contribution in [0.2, 0.25) is 0 Å². The average Bonchev–Trinajstić information content (AvgIpc) is 3.18. The third-order valence-electron chi connectivity index (χ3n) is 5.21. The Bertz CT molecular complexity index is 1450. The van der Waals surface area contributed by atoms with E-state index < -0.39 is 10.9 Å². The number of benzene rings is 3. The van der Waals surface area contributed by atoms with Gasteiger partial charge in [0.15, 0.2) is 5.78 Å². The molecule has 176 valence electrons. The summed E-state index contributed by atoms with van der Waals surface area (Å²) in [6.07, 6.45) is 2.84. The first-order valence-electron chi connectivity index (χ1n) is 10.8. The van der Waals surface area contributed by atoms with Gasteiger partial charge in [-0.15, -0.1) is 0 Å². The fraction of sp³-hybridized carbons (Fsp3) is 0.111. The minimum absolute atomic E-state index is 0.0551. The Labute approximate surface area is 200 Å². The van der Waals surface area contributed by atoms with Crippen LogP contribution in [0.25, 0.3) is 17.0 Å². The maximum Gasteiger partial charge on any atom is 0.347 e. The molecular formula is C27H21NO7. The summed E-state index contributed by atoms with van der Waals surface area (Å²) in [6, 6.07) is 17.3. The quantitative estimate of drug-likeness (QED) is 0.0755. The van der Waals surface area contributed by atoms with Crippen molar-refractivity contribution in [1.82, 2.24) is 0 Å². The standard InChI is InChI=1S/C27H21NO7/c1-3-33-22-12-14-25-23(16-22)26(17(2)34-25)27(30)35-21-10-8-19(9-11-21)24(29)13-7-18-5-4-6-20(15-18)28(31)32/h4-16H,3H2,1-2H3. The number of rotatable bonds is 8. The number of carbonyl (C=O) groups excluding carboxylic acids is 2. The first-order chi connectivity index (χ1) is 16.9. The van der Waals surface area contributed by atoms with Crippen molar-refractivity contribution in [3.05, 3.63) is 105 Å². The van der Waals surface area contributed by atoms with Crippen LogP contribution < -0.4 is 9.47 Å². The van der Waals surface area contributed by atoms with Crippen LogP contribution in [0.4, 0.5) is 5.69 Å². The Morgan fingerprint density at radius 3 is 2.49 bits per heavy atom. The molecule has 4 rings (SSSR count). The lowest BCUT2D eigenvalue weighted by atomic mass is 10.1. The largest absolute Gasteiger partial charge is 0.494 e. The van der Waals surface area contributed by atoms with Crippen molar-refractivity contribution < 1.29 is 28.4 Å². The van der Waals surface area contributed by atoms with Crippen LogP contribution in [-0.4, -0.2) is 23.3 Å². The monoisotopic (exact) mass is 471 g/mol. The second kappa shape index (κ2) is 10.0. The van der Waals surface area contributed by atoms with Crippen molar-refractivity contribution in [2.24, 2.45) is 0 Å². The molecule has 4 aromatic rings. The third kappa shape index (κ3) is 5.27. The van der Waals surface area contributed by atoms with Gasteiger partial charge in [0, 0.05) is 23.1 Å². The number of fused-ring (bicyclic) bond motifs is 1. The minimum atomic E-state index is -0.584. The lowest BCUT2D eigenvalue weighted by molar-refractivity contribution is -0.384.